The summed E-state index contributed by atoms with van der Waals surface area (Å²) in [6.07, 6.45) is 3.15. The minimum atomic E-state index is -2.72. The normalized spacial score (nSPS) is 14.7. The number of aromatic nitrogens is 5. The molecule has 0 aliphatic heterocycles. The van der Waals surface area contributed by atoms with E-state index in [-0.39, 0.29) is 29.0 Å². The molecule has 3 aromatic rings. The molecule has 2 amide bonds. The average Bonchev–Trinajstić information content (AvgIpc) is 3.54. The molecule has 0 radical (unpaired) electrons. The van der Waals surface area contributed by atoms with Crippen molar-refractivity contribution in [1.29, 1.82) is 0 Å². The molecule has 1 aliphatic rings. The second kappa shape index (κ2) is 8.38. The molecule has 0 saturated heterocycles. The van der Waals surface area contributed by atoms with Gasteiger partial charge in [0, 0.05) is 30.1 Å². The number of ether oxygens (including phenoxy) is 1. The lowest BCUT2D eigenvalue weighted by molar-refractivity contribution is -0.117. The van der Waals surface area contributed by atoms with Gasteiger partial charge in [-0.2, -0.15) is 0 Å². The lowest BCUT2D eigenvalue weighted by Gasteiger charge is -2.16. The summed E-state index contributed by atoms with van der Waals surface area (Å²) >= 11 is 0. The second-order valence-corrected chi connectivity index (χ2v) is 6.99. The van der Waals surface area contributed by atoms with Crippen molar-refractivity contribution in [2.75, 3.05) is 24.7 Å². The molecule has 1 fully saturated rings. The maximum absolute atomic E-state index is 12.6. The van der Waals surface area contributed by atoms with Gasteiger partial charge in [-0.1, -0.05) is 6.07 Å². The number of benzene rings is 1. The van der Waals surface area contributed by atoms with Gasteiger partial charge in [-0.05, 0) is 25.0 Å². The predicted octanol–water partition coefficient (Wildman–Crippen LogP) is 1.73. The van der Waals surface area contributed by atoms with Crippen LogP contribution in [-0.2, 0) is 11.8 Å². The molecule has 160 valence electrons. The third-order valence-electron chi connectivity index (χ3n) is 4.76. The van der Waals surface area contributed by atoms with E-state index in [4.69, 9.17) is 8.85 Å². The highest BCUT2D eigenvalue weighted by Gasteiger charge is 2.30. The number of anilines is 3. The molecule has 2 aromatic heterocycles. The van der Waals surface area contributed by atoms with Crippen LogP contribution in [0.3, 0.4) is 0 Å². The van der Waals surface area contributed by atoms with Crippen LogP contribution < -0.4 is 20.7 Å². The van der Waals surface area contributed by atoms with Crippen molar-refractivity contribution in [3.8, 4) is 17.1 Å². The molecule has 3 N–H and O–H groups in total. The molecule has 2 heterocycles. The Morgan fingerprint density at radius 2 is 2.06 bits per heavy atom. The summed E-state index contributed by atoms with van der Waals surface area (Å²) in [7, 11) is 3.27. The van der Waals surface area contributed by atoms with E-state index in [1.165, 1.54) is 13.2 Å². The van der Waals surface area contributed by atoms with Gasteiger partial charge >= 0.3 is 0 Å². The highest BCUT2D eigenvalue weighted by molar-refractivity contribution is 6.00. The standard InChI is InChI=1S/C20H22N8O3/c1-21-20(30)16-14(9-15(25-26-16)24-19(29)11-7-8-11)23-13-6-4-5-12(17(13)31-3)18-27-22-10-28(18)2/h4-6,9-11H,7-8H2,1-3H3,(H,21,30)(H2,23,24,25,29)/i1D3. The number of hydrogen-bond donors (Lipinski definition) is 3. The smallest absolute Gasteiger partial charge is 0.273 e. The van der Waals surface area contributed by atoms with Gasteiger partial charge in [0.15, 0.2) is 23.1 Å². The molecule has 11 nitrogen and oxygen atoms in total. The molecule has 0 spiro atoms. The van der Waals surface area contributed by atoms with Crippen LogP contribution in [0.25, 0.3) is 11.4 Å². The van der Waals surface area contributed by atoms with Crippen molar-refractivity contribution in [2.24, 2.45) is 13.0 Å². The van der Waals surface area contributed by atoms with Gasteiger partial charge in [0.2, 0.25) is 5.91 Å². The number of hydrogen-bond acceptors (Lipinski definition) is 8. The van der Waals surface area contributed by atoms with Gasteiger partial charge in [0.05, 0.1) is 24.0 Å². The summed E-state index contributed by atoms with van der Waals surface area (Å²) in [5, 5.41) is 23.4. The van der Waals surface area contributed by atoms with Gasteiger partial charge in [-0.3, -0.25) is 9.59 Å². The third-order valence-corrected chi connectivity index (χ3v) is 4.76. The van der Waals surface area contributed by atoms with Crippen LogP contribution in [0.15, 0.2) is 30.6 Å². The maximum Gasteiger partial charge on any atom is 0.273 e. The Balaban J connectivity index is 1.73. The number of nitrogens with zero attached hydrogens (tertiary/aromatic N) is 5. The van der Waals surface area contributed by atoms with Crippen molar-refractivity contribution >= 4 is 29.0 Å². The first-order valence-corrected chi connectivity index (χ1v) is 9.46. The van der Waals surface area contributed by atoms with E-state index in [1.807, 2.05) is 5.32 Å². The summed E-state index contributed by atoms with van der Waals surface area (Å²) in [5.41, 5.74) is 0.923. The Morgan fingerprint density at radius 1 is 1.23 bits per heavy atom. The quantitative estimate of drug-likeness (QED) is 0.521. The van der Waals surface area contributed by atoms with Gasteiger partial charge in [0.1, 0.15) is 6.33 Å². The first-order valence-electron chi connectivity index (χ1n) is 11.0. The first-order chi connectivity index (χ1) is 16.2. The Hall–Kier alpha value is -4.02. The van der Waals surface area contributed by atoms with Gasteiger partial charge in [-0.15, -0.1) is 20.4 Å². The zero-order valence-corrected chi connectivity index (χ0v) is 16.8. The Labute approximate surface area is 182 Å². The number of nitrogens with one attached hydrogen (secondary N) is 3. The number of carbonyl (C=O) groups is 2. The lowest BCUT2D eigenvalue weighted by atomic mass is 10.1. The van der Waals surface area contributed by atoms with Crippen molar-refractivity contribution in [3.05, 3.63) is 36.3 Å². The summed E-state index contributed by atoms with van der Waals surface area (Å²) < 4.78 is 29.3. The summed E-state index contributed by atoms with van der Waals surface area (Å²) in [5.74, 6) is -0.152. The molecule has 11 heteroatoms. The van der Waals surface area contributed by atoms with E-state index in [0.717, 1.165) is 12.8 Å². The molecule has 1 saturated carbocycles. The maximum atomic E-state index is 12.6. The van der Waals surface area contributed by atoms with Crippen LogP contribution in [0.4, 0.5) is 17.2 Å². The highest BCUT2D eigenvalue weighted by Crippen LogP contribution is 2.37. The van der Waals surface area contributed by atoms with Crippen molar-refractivity contribution in [2.45, 2.75) is 12.8 Å². The highest BCUT2D eigenvalue weighted by atomic mass is 16.5. The first kappa shape index (κ1) is 16.7. The minimum absolute atomic E-state index is 0.0695. The van der Waals surface area contributed by atoms with Gasteiger partial charge < -0.3 is 25.3 Å². The Bertz CT molecular complexity index is 1240. The van der Waals surface area contributed by atoms with Crippen LogP contribution >= 0.6 is 0 Å². The number of aryl methyl sites for hydroxylation is 1. The predicted molar refractivity (Wildman–Crippen MR) is 113 cm³/mol. The van der Waals surface area contributed by atoms with E-state index in [9.17, 15) is 9.59 Å². The minimum Gasteiger partial charge on any atom is -0.494 e. The zero-order valence-electron chi connectivity index (χ0n) is 19.8. The summed E-state index contributed by atoms with van der Waals surface area (Å²) in [4.78, 5) is 24.8. The van der Waals surface area contributed by atoms with Crippen LogP contribution in [0, 0.1) is 5.92 Å². The molecular formula is C20H22N8O3. The van der Waals surface area contributed by atoms with E-state index in [0.29, 0.717) is 22.8 Å². The van der Waals surface area contributed by atoms with Gasteiger partial charge in [0.25, 0.3) is 5.91 Å². The number of amides is 2. The van der Waals surface area contributed by atoms with E-state index in [2.05, 4.69) is 31.0 Å². The largest absolute Gasteiger partial charge is 0.494 e. The number of para-hydroxylation sites is 1. The number of rotatable bonds is 7. The van der Waals surface area contributed by atoms with Crippen molar-refractivity contribution in [3.63, 3.8) is 0 Å². The summed E-state index contributed by atoms with van der Waals surface area (Å²) in [6.45, 7) is -2.72. The Kier molecular flexibility index (Phi) is 4.53. The fraction of sp³-hybridized carbons (Fsp3) is 0.300. The number of carbonyl (C=O) groups excluding carboxylic acids is 2. The third kappa shape index (κ3) is 4.15. The van der Waals surface area contributed by atoms with Crippen LogP contribution in [-0.4, -0.2) is 50.9 Å². The zero-order chi connectivity index (χ0) is 24.5. The molecular weight excluding hydrogens is 400 g/mol. The van der Waals surface area contributed by atoms with Gasteiger partial charge in [-0.25, -0.2) is 0 Å². The molecule has 31 heavy (non-hydrogen) atoms. The molecule has 0 atom stereocenters. The van der Waals surface area contributed by atoms with Crippen LogP contribution in [0.5, 0.6) is 5.75 Å². The topological polar surface area (TPSA) is 136 Å². The fourth-order valence-corrected chi connectivity index (χ4v) is 3.05. The summed E-state index contributed by atoms with van der Waals surface area (Å²) in [6, 6.07) is 6.66. The molecule has 0 bridgehead atoms. The average molecular weight is 425 g/mol. The number of methoxy groups -OCH3 is 1. The molecule has 1 aromatic carbocycles. The van der Waals surface area contributed by atoms with Crippen LogP contribution in [0.2, 0.25) is 0 Å². The molecule has 0 unspecified atom stereocenters. The molecule has 4 rings (SSSR count). The van der Waals surface area contributed by atoms with E-state index < -0.39 is 12.9 Å². The fourth-order valence-electron chi connectivity index (χ4n) is 3.05. The molecule has 1 aliphatic carbocycles. The Morgan fingerprint density at radius 3 is 2.74 bits per heavy atom. The van der Waals surface area contributed by atoms with E-state index in [1.54, 1.807) is 36.1 Å². The monoisotopic (exact) mass is 425 g/mol. The lowest BCUT2D eigenvalue weighted by Crippen LogP contribution is -2.22. The second-order valence-electron chi connectivity index (χ2n) is 6.99. The van der Waals surface area contributed by atoms with E-state index >= 15 is 0 Å². The van der Waals surface area contributed by atoms with Crippen LogP contribution in [0.1, 0.15) is 27.4 Å². The van der Waals surface area contributed by atoms with Crippen molar-refractivity contribution < 1.29 is 18.4 Å². The van der Waals surface area contributed by atoms with Crippen molar-refractivity contribution in [1.82, 2.24) is 30.3 Å². The SMILES string of the molecule is [2H]C([2H])([2H])NC(=O)c1nnc(NC(=O)C2CC2)cc1Nc1cccc(-c2nncn2C)c1OC.